The second kappa shape index (κ2) is 7.31. The molecule has 2 aromatic rings. The van der Waals surface area contributed by atoms with Crippen LogP contribution in [-0.2, 0) is 26.1 Å². The predicted molar refractivity (Wildman–Crippen MR) is 88.9 cm³/mol. The number of sulfonamides is 1. The molecule has 9 heteroatoms. The third kappa shape index (κ3) is 4.54. The number of aryl methyl sites for hydroxylation is 1. The van der Waals surface area contributed by atoms with Crippen LogP contribution in [0.3, 0.4) is 0 Å². The maximum absolute atomic E-state index is 12.4. The van der Waals surface area contributed by atoms with E-state index < -0.39 is 21.9 Å². The maximum atomic E-state index is 12.4. The second-order valence-electron chi connectivity index (χ2n) is 5.24. The van der Waals surface area contributed by atoms with Crippen molar-refractivity contribution >= 4 is 21.9 Å². The topological polar surface area (TPSA) is 121 Å². The summed E-state index contributed by atoms with van der Waals surface area (Å²) in [7, 11) is -2.78. The molecule has 2 rings (SSSR count). The summed E-state index contributed by atoms with van der Waals surface area (Å²) in [6, 6.07) is 8.85. The number of methoxy groups -OCH3 is 1. The monoisotopic (exact) mass is 363 g/mol. The molecule has 0 unspecified atom stereocenters. The summed E-state index contributed by atoms with van der Waals surface area (Å²) in [6.07, 6.45) is 1.26. The molecule has 0 atom stereocenters. The lowest BCUT2D eigenvalue weighted by molar-refractivity contribution is -0.118. The van der Waals surface area contributed by atoms with E-state index in [9.17, 15) is 18.0 Å². The highest BCUT2D eigenvalue weighted by Gasteiger charge is 2.14. The summed E-state index contributed by atoms with van der Waals surface area (Å²) in [5, 5.41) is 0. The van der Waals surface area contributed by atoms with Gasteiger partial charge in [0.15, 0.2) is 0 Å². The average Bonchev–Trinajstić information content (AvgIpc) is 2.55. The van der Waals surface area contributed by atoms with E-state index in [0.29, 0.717) is 0 Å². The van der Waals surface area contributed by atoms with Crippen LogP contribution in [0.2, 0.25) is 0 Å². The Morgan fingerprint density at radius 1 is 1.16 bits per heavy atom. The van der Waals surface area contributed by atoms with Crippen molar-refractivity contribution in [3.8, 4) is 0 Å². The number of amides is 1. The minimum Gasteiger partial charge on any atom is -0.465 e. The van der Waals surface area contributed by atoms with Crippen LogP contribution in [0.25, 0.3) is 0 Å². The summed E-state index contributed by atoms with van der Waals surface area (Å²) in [6.45, 7) is 1.49. The van der Waals surface area contributed by atoms with Gasteiger partial charge in [-0.1, -0.05) is 17.7 Å². The Bertz CT molecular complexity index is 976. The van der Waals surface area contributed by atoms with Crippen molar-refractivity contribution in [2.45, 2.75) is 18.4 Å². The first kappa shape index (κ1) is 18.4. The van der Waals surface area contributed by atoms with Crippen molar-refractivity contribution in [2.75, 3.05) is 7.11 Å². The number of carbonyl (C=O) groups excluding carboxylic acids is 2. The van der Waals surface area contributed by atoms with Gasteiger partial charge in [0.2, 0.25) is 5.91 Å². The van der Waals surface area contributed by atoms with Crippen LogP contribution >= 0.6 is 0 Å². The number of ether oxygens (including phenoxy) is 1. The fourth-order valence-electron chi connectivity index (χ4n) is 2.04. The summed E-state index contributed by atoms with van der Waals surface area (Å²) in [5.41, 5.74) is 6.18. The minimum absolute atomic E-state index is 0.0146. The molecule has 25 heavy (non-hydrogen) atoms. The van der Waals surface area contributed by atoms with Gasteiger partial charge in [0, 0.05) is 6.20 Å². The molecule has 2 N–H and O–H groups in total. The van der Waals surface area contributed by atoms with Gasteiger partial charge in [0.25, 0.3) is 10.0 Å². The van der Waals surface area contributed by atoms with E-state index in [1.807, 2.05) is 6.92 Å². The zero-order chi connectivity index (χ0) is 18.6. The predicted octanol–water partition coefficient (Wildman–Crippen LogP) is 0.358. The lowest BCUT2D eigenvalue weighted by atomic mass is 10.2. The quantitative estimate of drug-likeness (QED) is 0.769. The summed E-state index contributed by atoms with van der Waals surface area (Å²) in [4.78, 5) is 22.9. The molecule has 0 aliphatic heterocycles. The van der Waals surface area contributed by atoms with Gasteiger partial charge in [-0.25, -0.2) is 4.79 Å². The third-order valence-electron chi connectivity index (χ3n) is 3.28. The molecule has 0 aliphatic carbocycles. The van der Waals surface area contributed by atoms with Gasteiger partial charge >= 0.3 is 5.97 Å². The third-order valence-corrected chi connectivity index (χ3v) is 4.58. The Labute approximate surface area is 144 Å². The van der Waals surface area contributed by atoms with Crippen LogP contribution in [0.15, 0.2) is 51.9 Å². The fourth-order valence-corrected chi connectivity index (χ4v) is 3.04. The molecule has 8 nitrogen and oxygen atoms in total. The van der Waals surface area contributed by atoms with Crippen LogP contribution in [0.4, 0.5) is 0 Å². The average molecular weight is 363 g/mol. The zero-order valence-electron chi connectivity index (χ0n) is 13.7. The van der Waals surface area contributed by atoms with E-state index >= 15 is 0 Å². The lowest BCUT2D eigenvalue weighted by Gasteiger charge is -2.08. The highest BCUT2D eigenvalue weighted by Crippen LogP contribution is 2.12. The van der Waals surface area contributed by atoms with Gasteiger partial charge in [-0.15, -0.1) is 4.40 Å². The largest absolute Gasteiger partial charge is 0.465 e. The SMILES string of the molecule is COC(=O)c1ccc(=NS(=O)(=O)c2ccc(C)cc2)n(CC(N)=O)c1. The number of carbonyl (C=O) groups is 2. The molecule has 1 heterocycles. The molecule has 0 aliphatic rings. The van der Waals surface area contributed by atoms with E-state index in [4.69, 9.17) is 5.73 Å². The summed E-state index contributed by atoms with van der Waals surface area (Å²) >= 11 is 0. The number of hydrogen-bond donors (Lipinski definition) is 1. The number of esters is 1. The van der Waals surface area contributed by atoms with Crippen LogP contribution < -0.4 is 11.2 Å². The molecule has 1 aromatic heterocycles. The molecule has 0 saturated heterocycles. The normalized spacial score (nSPS) is 12.0. The smallest absolute Gasteiger partial charge is 0.339 e. The number of nitrogens with two attached hydrogens (primary N) is 1. The lowest BCUT2D eigenvalue weighted by Crippen LogP contribution is -2.29. The number of primary amides is 1. The highest BCUT2D eigenvalue weighted by molar-refractivity contribution is 7.90. The van der Waals surface area contributed by atoms with E-state index in [-0.39, 0.29) is 22.5 Å². The van der Waals surface area contributed by atoms with Gasteiger partial charge in [0.1, 0.15) is 12.0 Å². The standard InChI is InChI=1S/C16H17N3O5S/c1-11-3-6-13(7-4-11)25(22,23)18-15-8-5-12(16(21)24-2)9-19(15)10-14(17)20/h3-9H,10H2,1-2H3,(H2,17,20). The van der Waals surface area contributed by atoms with Crippen LogP contribution in [0.1, 0.15) is 15.9 Å². The Morgan fingerprint density at radius 3 is 2.36 bits per heavy atom. The molecule has 0 radical (unpaired) electrons. The molecule has 1 aromatic carbocycles. The fraction of sp³-hybridized carbons (Fsp3) is 0.188. The van der Waals surface area contributed by atoms with Crippen LogP contribution in [-0.4, -0.2) is 32.0 Å². The molecule has 0 bridgehead atoms. The number of aromatic nitrogens is 1. The first-order valence-electron chi connectivity index (χ1n) is 7.18. The molecule has 0 saturated carbocycles. The van der Waals surface area contributed by atoms with Crippen LogP contribution in [0, 0.1) is 6.92 Å². The van der Waals surface area contributed by atoms with Gasteiger partial charge in [-0.2, -0.15) is 8.42 Å². The molecule has 1 amide bonds. The van der Waals surface area contributed by atoms with Crippen molar-refractivity contribution < 1.29 is 22.7 Å². The zero-order valence-corrected chi connectivity index (χ0v) is 14.5. The van der Waals surface area contributed by atoms with Gasteiger partial charge in [-0.05, 0) is 31.2 Å². The molecular weight excluding hydrogens is 346 g/mol. The molecule has 0 fully saturated rings. The van der Waals surface area contributed by atoms with Crippen LogP contribution in [0.5, 0.6) is 0 Å². The Kier molecular flexibility index (Phi) is 5.38. The highest BCUT2D eigenvalue weighted by atomic mass is 32.2. The van der Waals surface area contributed by atoms with E-state index in [0.717, 1.165) is 5.56 Å². The van der Waals surface area contributed by atoms with E-state index in [2.05, 4.69) is 9.13 Å². The molecule has 0 spiro atoms. The minimum atomic E-state index is -3.99. The van der Waals surface area contributed by atoms with Gasteiger partial charge in [-0.3, -0.25) is 4.79 Å². The first-order valence-corrected chi connectivity index (χ1v) is 8.62. The van der Waals surface area contributed by atoms with Crippen molar-refractivity contribution in [1.82, 2.24) is 4.57 Å². The van der Waals surface area contributed by atoms with E-state index in [1.165, 1.54) is 42.1 Å². The Hall–Kier alpha value is -2.94. The second-order valence-corrected chi connectivity index (χ2v) is 6.85. The molecule has 132 valence electrons. The summed E-state index contributed by atoms with van der Waals surface area (Å²) < 4.78 is 34.4. The Morgan fingerprint density at radius 2 is 1.80 bits per heavy atom. The van der Waals surface area contributed by atoms with Gasteiger partial charge in [0.05, 0.1) is 17.6 Å². The van der Waals surface area contributed by atoms with Crippen molar-refractivity contribution in [2.24, 2.45) is 10.1 Å². The van der Waals surface area contributed by atoms with Crippen molar-refractivity contribution in [1.29, 1.82) is 0 Å². The number of hydrogen-bond acceptors (Lipinski definition) is 5. The van der Waals surface area contributed by atoms with Crippen molar-refractivity contribution in [3.63, 3.8) is 0 Å². The summed E-state index contributed by atoms with van der Waals surface area (Å²) in [5.74, 6) is -1.35. The number of benzene rings is 1. The Balaban J connectivity index is 2.59. The molecular formula is C16H17N3O5S. The number of nitrogens with zero attached hydrogens (tertiary/aromatic N) is 2. The van der Waals surface area contributed by atoms with E-state index in [1.54, 1.807) is 12.1 Å². The number of rotatable bonds is 5. The first-order chi connectivity index (χ1) is 11.7. The maximum Gasteiger partial charge on any atom is 0.339 e. The van der Waals surface area contributed by atoms with Gasteiger partial charge < -0.3 is 15.0 Å². The number of pyridine rings is 1. The van der Waals surface area contributed by atoms with Crippen molar-refractivity contribution in [3.05, 3.63) is 59.2 Å².